The second kappa shape index (κ2) is 15.8. The summed E-state index contributed by atoms with van der Waals surface area (Å²) < 4.78 is 17.2. The summed E-state index contributed by atoms with van der Waals surface area (Å²) in [5.74, 6) is 0. The van der Waals surface area contributed by atoms with E-state index < -0.39 is 38.6 Å². The first-order valence-corrected chi connectivity index (χ1v) is 4.04. The van der Waals surface area contributed by atoms with Gasteiger partial charge in [-0.1, -0.05) is 0 Å². The van der Waals surface area contributed by atoms with Crippen LogP contribution >= 0.6 is 0 Å². The number of rotatable bonds is 0. The average molecular weight is 370 g/mol. The van der Waals surface area contributed by atoms with Crippen LogP contribution in [0.3, 0.4) is 0 Å². The van der Waals surface area contributed by atoms with Crippen molar-refractivity contribution >= 4 is 6.16 Å². The van der Waals surface area contributed by atoms with E-state index in [2.05, 4.69) is 0 Å². The summed E-state index contributed by atoms with van der Waals surface area (Å²) in [5, 5.41) is 16.7. The zero-order chi connectivity index (χ0) is 6.28. The molecule has 0 aromatic rings. The third kappa shape index (κ3) is 152. The molecular formula is CLa2O5. The van der Waals surface area contributed by atoms with E-state index in [4.69, 9.17) is 18.8 Å². The van der Waals surface area contributed by atoms with E-state index in [1.807, 2.05) is 0 Å². The fraction of sp³-hybridized carbons (Fsp3) is 0. The van der Waals surface area contributed by atoms with E-state index in [1.54, 1.807) is 0 Å². The van der Waals surface area contributed by atoms with Gasteiger partial charge in [0.1, 0.15) is 0 Å². The molecule has 0 rings (SSSR count). The van der Waals surface area contributed by atoms with Crippen LogP contribution in [-0.2, 0) is 1.70 Å². The molecule has 7 heteroatoms. The maximum absolute atomic E-state index is 8.58. The second-order valence-electron chi connectivity index (χ2n) is 0.346. The Labute approximate surface area is 91.4 Å². The summed E-state index contributed by atoms with van der Waals surface area (Å²) in [4.78, 5) is 8.33. The van der Waals surface area contributed by atoms with Crippen molar-refractivity contribution in [3.8, 4) is 0 Å². The van der Waals surface area contributed by atoms with Gasteiger partial charge in [0.25, 0.3) is 0 Å². The molecule has 0 aliphatic carbocycles. The molecule has 0 saturated heterocycles. The van der Waals surface area contributed by atoms with Gasteiger partial charge in [-0.2, -0.15) is 0 Å². The van der Waals surface area contributed by atoms with E-state index in [0.717, 1.165) is 0 Å². The number of carboxylic acid groups (broad SMARTS) is 2. The van der Waals surface area contributed by atoms with Gasteiger partial charge in [-0.15, -0.1) is 0 Å². The summed E-state index contributed by atoms with van der Waals surface area (Å²) in [7, 11) is 0. The van der Waals surface area contributed by atoms with Gasteiger partial charge in [0.05, 0.1) is 0 Å². The summed E-state index contributed by atoms with van der Waals surface area (Å²) in [6, 6.07) is 0. The zero-order valence-electron chi connectivity index (χ0n) is 3.70. The van der Waals surface area contributed by atoms with Crippen LogP contribution in [0.5, 0.6) is 0 Å². The van der Waals surface area contributed by atoms with E-state index >= 15 is 0 Å². The molecule has 0 saturated carbocycles. The topological polar surface area (TPSA) is 103 Å². The van der Waals surface area contributed by atoms with Crippen molar-refractivity contribution in [1.82, 2.24) is 0 Å². The van der Waals surface area contributed by atoms with Crippen molar-refractivity contribution in [3.63, 3.8) is 0 Å². The molecule has 8 heavy (non-hydrogen) atoms. The number of carbonyl (C=O) groups excluding carboxylic acids is 1. The second-order valence-corrected chi connectivity index (χ2v) is 0.951. The van der Waals surface area contributed by atoms with Crippen molar-refractivity contribution in [3.05, 3.63) is 0 Å². The maximum atomic E-state index is 8.58. The molecule has 0 heterocycles. The van der Waals surface area contributed by atoms with E-state index in [1.165, 1.54) is 0 Å². The Morgan fingerprint density at radius 2 is 1.38 bits per heavy atom. The standard InChI is InChI=1S/CH2O3.2La.2O/c2-1(3)4;;;;/h(H2,2,3,4);;;;/q;;+3;;-1/p-2. The Bertz CT molecular complexity index is 57.4. The van der Waals surface area contributed by atoms with Crippen LogP contribution in [0, 0.1) is 68.1 Å². The quantitative estimate of drug-likeness (QED) is 0.436. The van der Waals surface area contributed by atoms with Gasteiger partial charge in [0.15, 0.2) is 0 Å². The van der Waals surface area contributed by atoms with Crippen molar-refractivity contribution < 1.29 is 86.9 Å². The Kier molecular flexibility index (Phi) is 32.0. The molecule has 0 fully saturated rings. The molecular weight excluding hydrogens is 370 g/mol. The van der Waals surface area contributed by atoms with Crippen molar-refractivity contribution in [2.24, 2.45) is 0 Å². The molecule has 0 spiro atoms. The predicted molar refractivity (Wildman–Crippen MR) is 6.08 cm³/mol. The van der Waals surface area contributed by atoms with E-state index in [-0.39, 0.29) is 35.6 Å². The minimum atomic E-state index is -2.50. The predicted octanol–water partition coefficient (Wildman–Crippen LogP) is -3.75. The summed E-state index contributed by atoms with van der Waals surface area (Å²) >= 11 is -2.50. The van der Waals surface area contributed by atoms with Gasteiger partial charge in [0.2, 0.25) is 0 Å². The molecule has 0 aliphatic rings. The van der Waals surface area contributed by atoms with Gasteiger partial charge < -0.3 is 15.0 Å². The van der Waals surface area contributed by atoms with Gasteiger partial charge >= 0.3 is 71.8 Å². The third-order valence-corrected chi connectivity index (χ3v) is 0. The van der Waals surface area contributed by atoms with Crippen LogP contribution in [0.4, 0.5) is 4.79 Å². The van der Waals surface area contributed by atoms with Crippen LogP contribution in [-0.4, -0.2) is 6.16 Å². The number of hydrogen-bond donors (Lipinski definition) is 0. The molecule has 0 aliphatic heterocycles. The fourth-order valence-corrected chi connectivity index (χ4v) is 0. The molecule has 0 atom stereocenters. The molecule has 0 aromatic heterocycles. The molecule has 0 amide bonds. The van der Waals surface area contributed by atoms with E-state index in [0.29, 0.717) is 0 Å². The molecule has 0 bridgehead atoms. The fourth-order valence-electron chi connectivity index (χ4n) is 0. The third-order valence-electron chi connectivity index (χ3n) is 0. The SMILES string of the molecule is O=C([O-])[O-].[La+3].[O]=[La][O-]. The number of carbonyl (C=O) groups is 1. The van der Waals surface area contributed by atoms with Crippen LogP contribution in [0.2, 0.25) is 0 Å². The van der Waals surface area contributed by atoms with Crippen LogP contribution < -0.4 is 12.3 Å². The Morgan fingerprint density at radius 1 is 1.38 bits per heavy atom. The average Bonchev–Trinajstić information content (AvgIpc) is 1.33. The van der Waals surface area contributed by atoms with Crippen LogP contribution in [0.15, 0.2) is 0 Å². The molecule has 0 N–H and O–H groups in total. The molecule has 40 valence electrons. The molecule has 0 radical (unpaired) electrons. The first kappa shape index (κ1) is 16.2. The minimum absolute atomic E-state index is 0. The van der Waals surface area contributed by atoms with Gasteiger partial charge in [-0.05, 0) is 6.16 Å². The van der Waals surface area contributed by atoms with Gasteiger partial charge in [-0.3, -0.25) is 0 Å². The van der Waals surface area contributed by atoms with Crippen molar-refractivity contribution in [2.75, 3.05) is 0 Å². The molecule has 5 nitrogen and oxygen atoms in total. The summed E-state index contributed by atoms with van der Waals surface area (Å²) in [6.07, 6.45) is -2.33. The number of hydrogen-bond acceptors (Lipinski definition) is 5. The Hall–Kier alpha value is 1.42. The molecule has 0 unspecified atom stereocenters. The first-order chi connectivity index (χ1) is 3.15. The van der Waals surface area contributed by atoms with Crippen LogP contribution in [0.25, 0.3) is 0 Å². The monoisotopic (exact) mass is 370 g/mol. The summed E-state index contributed by atoms with van der Waals surface area (Å²) in [6.45, 7) is 0. The zero-order valence-corrected chi connectivity index (χ0v) is 10.9. The van der Waals surface area contributed by atoms with Crippen molar-refractivity contribution in [2.45, 2.75) is 0 Å². The van der Waals surface area contributed by atoms with Gasteiger partial charge in [-0.25, -0.2) is 0 Å². The van der Waals surface area contributed by atoms with Crippen LogP contribution in [0.1, 0.15) is 0 Å². The van der Waals surface area contributed by atoms with E-state index in [9.17, 15) is 0 Å². The van der Waals surface area contributed by atoms with Gasteiger partial charge in [0, 0.05) is 0 Å². The van der Waals surface area contributed by atoms with Crippen molar-refractivity contribution in [1.29, 1.82) is 0 Å². The first-order valence-electron chi connectivity index (χ1n) is 1.08. The Balaban J connectivity index is -0.0000000575. The normalized spacial score (nSPS) is 4.12. The molecule has 0 aromatic carbocycles. The summed E-state index contributed by atoms with van der Waals surface area (Å²) in [5.41, 5.74) is 0. The Morgan fingerprint density at radius 3 is 1.38 bits per heavy atom.